The molecule has 0 radical (unpaired) electrons. The highest BCUT2D eigenvalue weighted by Gasteiger charge is 2.16. The summed E-state index contributed by atoms with van der Waals surface area (Å²) in [6, 6.07) is 11.0. The number of methoxy groups -OCH3 is 1. The lowest BCUT2D eigenvalue weighted by molar-refractivity contribution is -0.117. The number of hydrogen-bond acceptors (Lipinski definition) is 4. The number of carbonyl (C=O) groups excluding carboxylic acids is 2. The van der Waals surface area contributed by atoms with Gasteiger partial charge in [0.25, 0.3) is 0 Å². The van der Waals surface area contributed by atoms with Gasteiger partial charge in [-0.05, 0) is 18.6 Å². The van der Waals surface area contributed by atoms with Crippen molar-refractivity contribution in [2.24, 2.45) is 0 Å². The number of nitrogens with one attached hydrogen (secondary N) is 1. The van der Waals surface area contributed by atoms with E-state index in [2.05, 4.69) is 15.0 Å². The monoisotopic (exact) mass is 284 g/mol. The van der Waals surface area contributed by atoms with Gasteiger partial charge in [-0.25, -0.2) is 4.79 Å². The van der Waals surface area contributed by atoms with Gasteiger partial charge < -0.3 is 10.1 Å². The maximum Gasteiger partial charge on any atom is 0.339 e. The smallest absolute Gasteiger partial charge is 0.339 e. The molecule has 21 heavy (non-hydrogen) atoms. The van der Waals surface area contributed by atoms with E-state index in [1.165, 1.54) is 25.6 Å². The number of hydrogen-bond donors (Lipinski definition) is 1. The first-order chi connectivity index (χ1) is 10.1. The Morgan fingerprint density at radius 2 is 1.90 bits per heavy atom. The highest BCUT2D eigenvalue weighted by atomic mass is 16.5. The van der Waals surface area contributed by atoms with Crippen LogP contribution in [0, 0.1) is 0 Å². The highest BCUT2D eigenvalue weighted by Crippen LogP contribution is 2.18. The fraction of sp³-hybridized carbons (Fsp3) is 0.188. The molecule has 5 heteroatoms. The first-order valence-corrected chi connectivity index (χ1v) is 6.51. The molecule has 108 valence electrons. The third-order valence-electron chi connectivity index (χ3n) is 3.12. The molecule has 0 spiro atoms. The minimum absolute atomic E-state index is 0.162. The van der Waals surface area contributed by atoms with Crippen molar-refractivity contribution >= 4 is 17.6 Å². The van der Waals surface area contributed by atoms with Crippen molar-refractivity contribution in [3.8, 4) is 0 Å². The Kier molecular flexibility index (Phi) is 4.66. The van der Waals surface area contributed by atoms with Crippen molar-refractivity contribution in [3.63, 3.8) is 0 Å². The molecule has 0 unspecified atom stereocenters. The maximum absolute atomic E-state index is 12.2. The summed E-state index contributed by atoms with van der Waals surface area (Å²) < 4.78 is 4.62. The summed E-state index contributed by atoms with van der Waals surface area (Å²) in [5.41, 5.74) is 1.68. The SMILES string of the molecule is COC(=O)c1cncc(NC(=O)[C@@H](C)c2ccccc2)c1. The molecule has 1 atom stereocenters. The molecule has 0 saturated heterocycles. The Bertz CT molecular complexity index is 641. The molecule has 2 rings (SSSR count). The standard InChI is InChI=1S/C16H16N2O3/c1-11(12-6-4-3-5-7-12)15(19)18-14-8-13(9-17-10-14)16(20)21-2/h3-11H,1-2H3,(H,18,19)/t11-/m0/s1. The van der Waals surface area contributed by atoms with Gasteiger partial charge >= 0.3 is 5.97 Å². The third-order valence-corrected chi connectivity index (χ3v) is 3.12. The summed E-state index contributed by atoms with van der Waals surface area (Å²) >= 11 is 0. The topological polar surface area (TPSA) is 68.3 Å². The van der Waals surface area contributed by atoms with Crippen LogP contribution in [0.25, 0.3) is 0 Å². The van der Waals surface area contributed by atoms with Crippen molar-refractivity contribution in [2.75, 3.05) is 12.4 Å². The fourth-order valence-electron chi connectivity index (χ4n) is 1.88. The largest absolute Gasteiger partial charge is 0.465 e. The van der Waals surface area contributed by atoms with E-state index >= 15 is 0 Å². The average molecular weight is 284 g/mol. The molecule has 0 fully saturated rings. The van der Waals surface area contributed by atoms with E-state index in [1.54, 1.807) is 0 Å². The van der Waals surface area contributed by atoms with E-state index in [-0.39, 0.29) is 11.8 Å². The normalized spacial score (nSPS) is 11.5. The van der Waals surface area contributed by atoms with Crippen LogP contribution in [0.4, 0.5) is 5.69 Å². The second-order valence-electron chi connectivity index (χ2n) is 4.58. The van der Waals surface area contributed by atoms with Gasteiger partial charge in [0.05, 0.1) is 30.5 Å². The number of nitrogens with zero attached hydrogens (tertiary/aromatic N) is 1. The van der Waals surface area contributed by atoms with E-state index in [0.717, 1.165) is 5.56 Å². The van der Waals surface area contributed by atoms with Crippen LogP contribution in [0.3, 0.4) is 0 Å². The molecule has 1 aromatic carbocycles. The van der Waals surface area contributed by atoms with E-state index in [1.807, 2.05) is 37.3 Å². The number of carbonyl (C=O) groups is 2. The Morgan fingerprint density at radius 3 is 2.57 bits per heavy atom. The summed E-state index contributed by atoms with van der Waals surface area (Å²) in [5, 5.41) is 2.75. The number of pyridine rings is 1. The highest BCUT2D eigenvalue weighted by molar-refractivity contribution is 5.97. The molecular weight excluding hydrogens is 268 g/mol. The van der Waals surface area contributed by atoms with E-state index in [0.29, 0.717) is 11.3 Å². The van der Waals surface area contributed by atoms with Crippen LogP contribution in [-0.2, 0) is 9.53 Å². The van der Waals surface area contributed by atoms with Crippen LogP contribution < -0.4 is 5.32 Å². The molecule has 5 nitrogen and oxygen atoms in total. The number of esters is 1. The van der Waals surface area contributed by atoms with Crippen molar-refractivity contribution < 1.29 is 14.3 Å². The zero-order valence-corrected chi connectivity index (χ0v) is 11.9. The molecule has 1 N–H and O–H groups in total. The van der Waals surface area contributed by atoms with Gasteiger partial charge in [0.2, 0.25) is 5.91 Å². The minimum atomic E-state index is -0.491. The quantitative estimate of drug-likeness (QED) is 0.876. The van der Waals surface area contributed by atoms with Crippen LogP contribution >= 0.6 is 0 Å². The van der Waals surface area contributed by atoms with E-state index < -0.39 is 5.97 Å². The Morgan fingerprint density at radius 1 is 1.19 bits per heavy atom. The lowest BCUT2D eigenvalue weighted by Crippen LogP contribution is -2.19. The van der Waals surface area contributed by atoms with Crippen LogP contribution in [0.5, 0.6) is 0 Å². The van der Waals surface area contributed by atoms with Gasteiger partial charge in [-0.3, -0.25) is 9.78 Å². The zero-order valence-electron chi connectivity index (χ0n) is 11.9. The third kappa shape index (κ3) is 3.66. The lowest BCUT2D eigenvalue weighted by Gasteiger charge is -2.12. The second kappa shape index (κ2) is 6.65. The van der Waals surface area contributed by atoms with Crippen LogP contribution in [0.2, 0.25) is 0 Å². The first-order valence-electron chi connectivity index (χ1n) is 6.51. The molecule has 0 aliphatic rings. The summed E-state index contributed by atoms with van der Waals surface area (Å²) in [6.07, 6.45) is 2.88. The molecule has 0 aliphatic carbocycles. The van der Waals surface area contributed by atoms with E-state index in [9.17, 15) is 9.59 Å². The minimum Gasteiger partial charge on any atom is -0.465 e. The summed E-state index contributed by atoms with van der Waals surface area (Å²) in [7, 11) is 1.30. The second-order valence-corrected chi connectivity index (χ2v) is 4.58. The van der Waals surface area contributed by atoms with Gasteiger partial charge in [0.15, 0.2) is 0 Å². The summed E-state index contributed by atoms with van der Waals surface area (Å²) in [6.45, 7) is 1.82. The van der Waals surface area contributed by atoms with Gasteiger partial charge in [0.1, 0.15) is 0 Å². The Labute approximate surface area is 123 Å². The predicted octanol–water partition coefficient (Wildman–Crippen LogP) is 2.61. The van der Waals surface area contributed by atoms with Gasteiger partial charge in [0, 0.05) is 6.20 Å². The molecule has 0 saturated carbocycles. The van der Waals surface area contributed by atoms with Crippen LogP contribution in [-0.4, -0.2) is 24.0 Å². The van der Waals surface area contributed by atoms with Crippen molar-refractivity contribution in [2.45, 2.75) is 12.8 Å². The van der Waals surface area contributed by atoms with Gasteiger partial charge in [-0.1, -0.05) is 30.3 Å². The number of benzene rings is 1. The molecule has 1 heterocycles. The molecule has 1 amide bonds. The molecule has 0 aliphatic heterocycles. The Hall–Kier alpha value is -2.69. The maximum atomic E-state index is 12.2. The van der Waals surface area contributed by atoms with Crippen molar-refractivity contribution in [1.82, 2.24) is 4.98 Å². The predicted molar refractivity (Wildman–Crippen MR) is 79.1 cm³/mol. The van der Waals surface area contributed by atoms with Crippen molar-refractivity contribution in [1.29, 1.82) is 0 Å². The molecular formula is C16H16N2O3. The van der Waals surface area contributed by atoms with Crippen LogP contribution in [0.1, 0.15) is 28.8 Å². The lowest BCUT2D eigenvalue weighted by atomic mass is 10.0. The molecule has 0 bridgehead atoms. The van der Waals surface area contributed by atoms with Crippen LogP contribution in [0.15, 0.2) is 48.8 Å². The molecule has 1 aromatic heterocycles. The number of ether oxygens (including phenoxy) is 1. The number of amides is 1. The fourth-order valence-corrected chi connectivity index (χ4v) is 1.88. The first kappa shape index (κ1) is 14.7. The number of aromatic nitrogens is 1. The molecule has 2 aromatic rings. The summed E-state index contributed by atoms with van der Waals surface area (Å²) in [4.78, 5) is 27.6. The van der Waals surface area contributed by atoms with Gasteiger partial charge in [-0.15, -0.1) is 0 Å². The average Bonchev–Trinajstić information content (AvgIpc) is 2.54. The van der Waals surface area contributed by atoms with Crippen molar-refractivity contribution in [3.05, 3.63) is 59.9 Å². The number of anilines is 1. The Balaban J connectivity index is 2.11. The summed E-state index contributed by atoms with van der Waals surface area (Å²) in [5.74, 6) is -0.951. The number of rotatable bonds is 4. The van der Waals surface area contributed by atoms with Gasteiger partial charge in [-0.2, -0.15) is 0 Å². The zero-order chi connectivity index (χ0) is 15.2. The van der Waals surface area contributed by atoms with E-state index in [4.69, 9.17) is 0 Å².